The van der Waals surface area contributed by atoms with Crippen LogP contribution in [0.15, 0.2) is 67.1 Å². The highest BCUT2D eigenvalue weighted by molar-refractivity contribution is 5.76. The lowest BCUT2D eigenvalue weighted by molar-refractivity contribution is 0.367. The van der Waals surface area contributed by atoms with E-state index in [1.165, 1.54) is 11.3 Å². The molecule has 30 heavy (non-hydrogen) atoms. The van der Waals surface area contributed by atoms with Crippen molar-refractivity contribution in [2.75, 3.05) is 24.5 Å². The molecule has 1 fully saturated rings. The Labute approximate surface area is 176 Å². The van der Waals surface area contributed by atoms with Crippen molar-refractivity contribution >= 4 is 16.7 Å². The molecule has 3 heterocycles. The summed E-state index contributed by atoms with van der Waals surface area (Å²) in [4.78, 5) is 11.7. The summed E-state index contributed by atoms with van der Waals surface area (Å²) >= 11 is 0. The number of fused-ring (bicyclic) bond motifs is 1. The highest BCUT2D eigenvalue weighted by Crippen LogP contribution is 2.28. The molecule has 0 spiro atoms. The average Bonchev–Trinajstić information content (AvgIpc) is 3.30. The van der Waals surface area contributed by atoms with Crippen molar-refractivity contribution in [2.24, 2.45) is 5.73 Å². The molecule has 2 aromatic heterocycles. The normalized spacial score (nSPS) is 15.0. The predicted molar refractivity (Wildman–Crippen MR) is 120 cm³/mol. The zero-order valence-corrected chi connectivity index (χ0v) is 17.0. The van der Waals surface area contributed by atoms with Gasteiger partial charge in [0.25, 0.3) is 0 Å². The van der Waals surface area contributed by atoms with Crippen LogP contribution >= 0.6 is 0 Å². The Bertz CT molecular complexity index is 1140. The molecule has 0 radical (unpaired) electrons. The van der Waals surface area contributed by atoms with Gasteiger partial charge in [-0.15, -0.1) is 0 Å². The Balaban J connectivity index is 1.28. The van der Waals surface area contributed by atoms with E-state index in [-0.39, 0.29) is 0 Å². The van der Waals surface area contributed by atoms with Crippen molar-refractivity contribution in [3.8, 4) is 11.3 Å². The molecule has 0 saturated carbocycles. The molecule has 4 aromatic rings. The summed E-state index contributed by atoms with van der Waals surface area (Å²) in [6.07, 6.45) is 8.93. The van der Waals surface area contributed by atoms with Gasteiger partial charge in [0.2, 0.25) is 0 Å². The van der Waals surface area contributed by atoms with E-state index in [9.17, 15) is 0 Å². The van der Waals surface area contributed by atoms with Crippen molar-refractivity contribution < 1.29 is 0 Å². The molecule has 0 atom stereocenters. The molecule has 6 heteroatoms. The third-order valence-corrected chi connectivity index (χ3v) is 5.89. The Kier molecular flexibility index (Phi) is 5.15. The number of nitrogens with zero attached hydrogens (tertiary/aromatic N) is 5. The number of anilines is 1. The van der Waals surface area contributed by atoms with Crippen LogP contribution in [-0.2, 0) is 6.42 Å². The molecule has 2 N–H and O–H groups in total. The SMILES string of the molecule is NCCc1cccc(N2CCC(n3cc(-c4cnc5ccccc5n4)cn3)CC2)c1. The molecule has 0 aliphatic carbocycles. The molecular formula is C24H26N6. The van der Waals surface area contributed by atoms with Crippen LogP contribution in [0.4, 0.5) is 5.69 Å². The molecular weight excluding hydrogens is 372 g/mol. The van der Waals surface area contributed by atoms with E-state index in [2.05, 4.69) is 50.1 Å². The third kappa shape index (κ3) is 3.78. The molecule has 5 rings (SSSR count). The Hall–Kier alpha value is -3.25. The zero-order valence-electron chi connectivity index (χ0n) is 17.0. The molecule has 1 aliphatic heterocycles. The Morgan fingerprint density at radius 2 is 1.80 bits per heavy atom. The summed E-state index contributed by atoms with van der Waals surface area (Å²) in [5.41, 5.74) is 12.0. The van der Waals surface area contributed by atoms with E-state index in [4.69, 9.17) is 10.7 Å². The van der Waals surface area contributed by atoms with Crippen LogP contribution in [0.1, 0.15) is 24.4 Å². The maximum atomic E-state index is 5.71. The van der Waals surface area contributed by atoms with Gasteiger partial charge in [-0.1, -0.05) is 24.3 Å². The van der Waals surface area contributed by atoms with Crippen LogP contribution in [0.2, 0.25) is 0 Å². The van der Waals surface area contributed by atoms with Crippen molar-refractivity contribution in [2.45, 2.75) is 25.3 Å². The van der Waals surface area contributed by atoms with Crippen LogP contribution in [0, 0.1) is 0 Å². The smallest absolute Gasteiger partial charge is 0.0924 e. The summed E-state index contributed by atoms with van der Waals surface area (Å²) < 4.78 is 2.11. The largest absolute Gasteiger partial charge is 0.371 e. The molecule has 2 aromatic carbocycles. The maximum absolute atomic E-state index is 5.71. The van der Waals surface area contributed by atoms with Crippen LogP contribution in [-0.4, -0.2) is 39.4 Å². The average molecular weight is 399 g/mol. The number of nitrogens with two attached hydrogens (primary N) is 1. The molecule has 1 saturated heterocycles. The first-order valence-corrected chi connectivity index (χ1v) is 10.6. The van der Waals surface area contributed by atoms with Crippen molar-refractivity contribution in [1.82, 2.24) is 19.7 Å². The first-order chi connectivity index (χ1) is 14.8. The molecule has 0 bridgehead atoms. The van der Waals surface area contributed by atoms with Gasteiger partial charge in [0.15, 0.2) is 0 Å². The minimum absolute atomic E-state index is 0.413. The van der Waals surface area contributed by atoms with Gasteiger partial charge in [-0.3, -0.25) is 9.67 Å². The van der Waals surface area contributed by atoms with Gasteiger partial charge in [-0.2, -0.15) is 5.10 Å². The second kappa shape index (κ2) is 8.24. The van der Waals surface area contributed by atoms with Crippen LogP contribution in [0.3, 0.4) is 0 Å². The molecule has 0 unspecified atom stereocenters. The molecule has 152 valence electrons. The number of rotatable bonds is 5. The maximum Gasteiger partial charge on any atom is 0.0924 e. The summed E-state index contributed by atoms with van der Waals surface area (Å²) in [6.45, 7) is 2.75. The number of para-hydroxylation sites is 2. The summed E-state index contributed by atoms with van der Waals surface area (Å²) in [5.74, 6) is 0. The monoisotopic (exact) mass is 398 g/mol. The van der Waals surface area contributed by atoms with E-state index >= 15 is 0 Å². The van der Waals surface area contributed by atoms with Crippen LogP contribution in [0.25, 0.3) is 22.3 Å². The van der Waals surface area contributed by atoms with Gasteiger partial charge in [-0.05, 0) is 55.6 Å². The first kappa shape index (κ1) is 18.8. The number of benzene rings is 2. The minimum atomic E-state index is 0.413. The lowest BCUT2D eigenvalue weighted by Crippen LogP contribution is -2.34. The minimum Gasteiger partial charge on any atom is -0.371 e. The Morgan fingerprint density at radius 3 is 2.63 bits per heavy atom. The lowest BCUT2D eigenvalue weighted by atomic mass is 10.0. The molecule has 6 nitrogen and oxygen atoms in total. The summed E-state index contributed by atoms with van der Waals surface area (Å²) in [6, 6.07) is 17.1. The zero-order chi connectivity index (χ0) is 20.3. The molecule has 0 amide bonds. The first-order valence-electron chi connectivity index (χ1n) is 10.6. The van der Waals surface area contributed by atoms with Gasteiger partial charge in [0.05, 0.1) is 35.2 Å². The number of aromatic nitrogens is 4. The van der Waals surface area contributed by atoms with E-state index in [1.807, 2.05) is 36.7 Å². The number of piperidine rings is 1. The van der Waals surface area contributed by atoms with E-state index in [0.29, 0.717) is 12.6 Å². The number of hydrogen-bond acceptors (Lipinski definition) is 5. The van der Waals surface area contributed by atoms with Gasteiger partial charge in [-0.25, -0.2) is 4.98 Å². The second-order valence-corrected chi connectivity index (χ2v) is 7.88. The van der Waals surface area contributed by atoms with Crippen molar-refractivity contribution in [3.63, 3.8) is 0 Å². The van der Waals surface area contributed by atoms with Gasteiger partial charge in [0, 0.05) is 30.5 Å². The van der Waals surface area contributed by atoms with Gasteiger partial charge >= 0.3 is 0 Å². The van der Waals surface area contributed by atoms with Crippen molar-refractivity contribution in [1.29, 1.82) is 0 Å². The van der Waals surface area contributed by atoms with E-state index < -0.39 is 0 Å². The fraction of sp³-hybridized carbons (Fsp3) is 0.292. The van der Waals surface area contributed by atoms with E-state index in [0.717, 1.165) is 54.6 Å². The van der Waals surface area contributed by atoms with Gasteiger partial charge in [0.1, 0.15) is 0 Å². The fourth-order valence-electron chi connectivity index (χ4n) is 4.23. The second-order valence-electron chi connectivity index (χ2n) is 7.88. The highest BCUT2D eigenvalue weighted by atomic mass is 15.3. The highest BCUT2D eigenvalue weighted by Gasteiger charge is 2.22. The standard InChI is InChI=1S/C24H26N6/c25-11-8-18-4-3-5-21(14-18)29-12-9-20(10-13-29)30-17-19(15-27-30)24-16-26-22-6-1-2-7-23(22)28-24/h1-7,14-17,20H,8-13,25H2. The van der Waals surface area contributed by atoms with E-state index in [1.54, 1.807) is 0 Å². The number of hydrogen-bond donors (Lipinski definition) is 1. The predicted octanol–water partition coefficient (Wildman–Crippen LogP) is 3.84. The quantitative estimate of drug-likeness (QED) is 0.553. The van der Waals surface area contributed by atoms with Crippen molar-refractivity contribution in [3.05, 3.63) is 72.7 Å². The van der Waals surface area contributed by atoms with Crippen LogP contribution in [0.5, 0.6) is 0 Å². The third-order valence-electron chi connectivity index (χ3n) is 5.89. The van der Waals surface area contributed by atoms with Crippen LogP contribution < -0.4 is 10.6 Å². The summed E-state index contributed by atoms with van der Waals surface area (Å²) in [5, 5.41) is 4.65. The van der Waals surface area contributed by atoms with Gasteiger partial charge < -0.3 is 10.6 Å². The lowest BCUT2D eigenvalue weighted by Gasteiger charge is -2.34. The fourth-order valence-corrected chi connectivity index (χ4v) is 4.23. The molecule has 1 aliphatic rings. The Morgan fingerprint density at radius 1 is 0.967 bits per heavy atom. The topological polar surface area (TPSA) is 72.9 Å². The summed E-state index contributed by atoms with van der Waals surface area (Å²) in [7, 11) is 0.